The van der Waals surface area contributed by atoms with Crippen LogP contribution in [0.3, 0.4) is 0 Å². The second kappa shape index (κ2) is 2.36. The molecule has 2 heteroatoms. The Hall–Kier alpha value is 0.0249. The van der Waals surface area contributed by atoms with Crippen LogP contribution < -0.4 is 5.23 Å². The Bertz CT molecular complexity index is 50.0. The van der Waals surface area contributed by atoms with E-state index in [0.717, 1.165) is 0 Å². The summed E-state index contributed by atoms with van der Waals surface area (Å²) in [5.74, 6) is 0. The maximum Gasteiger partial charge on any atom is 0.178 e. The van der Waals surface area contributed by atoms with Crippen LogP contribution in [0.25, 0.3) is 0 Å². The molecule has 0 aromatic heterocycles. The van der Waals surface area contributed by atoms with Crippen LogP contribution >= 0.6 is 0 Å². The molecule has 1 nitrogen and oxygen atoms in total. The minimum Gasteiger partial charge on any atom is -0.364 e. The molecule has 1 fully saturated rings. The molecule has 1 aliphatic rings. The molecule has 0 aromatic carbocycles. The molecule has 0 aliphatic heterocycles. The Kier molecular flexibility index (Phi) is 1.74. The molecule has 0 atom stereocenters. The van der Waals surface area contributed by atoms with Crippen molar-refractivity contribution in [3.63, 3.8) is 0 Å². The van der Waals surface area contributed by atoms with Crippen LogP contribution in [0.2, 0.25) is 0 Å². The number of nitrogens with one attached hydrogen (secondary N) is 1. The van der Waals surface area contributed by atoms with Gasteiger partial charge in [-0.05, 0) is 18.9 Å². The molecule has 0 unspecified atom stereocenters. The summed E-state index contributed by atoms with van der Waals surface area (Å²) in [5.41, 5.74) is 0. The van der Waals surface area contributed by atoms with Crippen molar-refractivity contribution in [2.75, 3.05) is 0 Å². The van der Waals surface area contributed by atoms with E-state index in [-0.39, 0.29) is 0 Å². The van der Waals surface area contributed by atoms with Gasteiger partial charge in [0.1, 0.15) is 0 Å². The average Bonchev–Trinajstić information content (AvgIpc) is 2.14. The molecule has 0 spiro atoms. The smallest absolute Gasteiger partial charge is 0.178 e. The molecule has 0 heterocycles. The van der Waals surface area contributed by atoms with Crippen LogP contribution in [0, 0.1) is 0 Å². The molecular weight excluding hydrogens is 84.9 g/mol. The van der Waals surface area contributed by atoms with Crippen LogP contribution in [-0.4, -0.2) is 14.0 Å². The highest BCUT2D eigenvalue weighted by molar-refractivity contribution is 6.04. The summed E-state index contributed by atoms with van der Waals surface area (Å²) in [5, 5.41) is 2.76. The Balaban J connectivity index is 2.14. The number of hydrogen-bond donors (Lipinski definition) is 1. The minimum atomic E-state index is 0.625. The molecule has 1 rings (SSSR count). The fourth-order valence-electron chi connectivity index (χ4n) is 1.09. The highest BCUT2D eigenvalue weighted by Gasteiger charge is 2.10. The van der Waals surface area contributed by atoms with Gasteiger partial charge in [0.2, 0.25) is 0 Å². The molecular formula is C5H10BN. The Morgan fingerprint density at radius 2 is 1.86 bits per heavy atom. The van der Waals surface area contributed by atoms with Crippen LogP contribution in [0.1, 0.15) is 25.7 Å². The lowest BCUT2D eigenvalue weighted by Crippen LogP contribution is -2.21. The van der Waals surface area contributed by atoms with E-state index in [2.05, 4.69) is 5.23 Å². The third-order valence-electron chi connectivity index (χ3n) is 1.59. The maximum atomic E-state index is 5.18. The lowest BCUT2D eigenvalue weighted by molar-refractivity contribution is 0.650. The largest absolute Gasteiger partial charge is 0.364 e. The Labute approximate surface area is 45.9 Å². The van der Waals surface area contributed by atoms with Crippen molar-refractivity contribution >= 4 is 7.98 Å². The molecule has 1 aliphatic carbocycles. The molecule has 2 radical (unpaired) electrons. The SMILES string of the molecule is [B]NC1CCCC1. The number of hydrogen-bond acceptors (Lipinski definition) is 1. The van der Waals surface area contributed by atoms with Crippen molar-refractivity contribution in [3.05, 3.63) is 0 Å². The normalized spacial score (nSPS) is 23.4. The van der Waals surface area contributed by atoms with Crippen LogP contribution in [0.5, 0.6) is 0 Å². The zero-order chi connectivity index (χ0) is 5.11. The maximum absolute atomic E-state index is 5.18. The molecule has 0 saturated heterocycles. The standard InChI is InChI=1S/C5H10BN/c6-7-5-3-1-2-4-5/h5,7H,1-4H2. The summed E-state index contributed by atoms with van der Waals surface area (Å²) < 4.78 is 0. The lowest BCUT2D eigenvalue weighted by Gasteiger charge is -2.03. The second-order valence-corrected chi connectivity index (χ2v) is 2.15. The third kappa shape index (κ3) is 1.20. The first-order chi connectivity index (χ1) is 3.43. The summed E-state index contributed by atoms with van der Waals surface area (Å²) in [6.07, 6.45) is 5.26. The molecule has 7 heavy (non-hydrogen) atoms. The first-order valence-corrected chi connectivity index (χ1v) is 2.89. The highest BCUT2D eigenvalue weighted by Crippen LogP contribution is 2.16. The van der Waals surface area contributed by atoms with Gasteiger partial charge in [0.25, 0.3) is 0 Å². The third-order valence-corrected chi connectivity index (χ3v) is 1.59. The van der Waals surface area contributed by atoms with Gasteiger partial charge in [0.05, 0.1) is 0 Å². The number of rotatable bonds is 1. The van der Waals surface area contributed by atoms with Crippen LogP contribution in [-0.2, 0) is 0 Å². The lowest BCUT2D eigenvalue weighted by atomic mass is 10.2. The quantitative estimate of drug-likeness (QED) is 0.470. The van der Waals surface area contributed by atoms with Crippen molar-refractivity contribution in [3.8, 4) is 0 Å². The fraction of sp³-hybridized carbons (Fsp3) is 1.00. The first-order valence-electron chi connectivity index (χ1n) is 2.89. The predicted octanol–water partition coefficient (Wildman–Crippen LogP) is 0.602. The molecule has 1 N–H and O–H groups in total. The highest BCUT2D eigenvalue weighted by atomic mass is 14.8. The molecule has 1 saturated carbocycles. The van der Waals surface area contributed by atoms with Gasteiger partial charge in [-0.2, -0.15) is 0 Å². The van der Waals surface area contributed by atoms with Crippen LogP contribution in [0.4, 0.5) is 0 Å². The van der Waals surface area contributed by atoms with E-state index in [1.165, 1.54) is 25.7 Å². The molecule has 0 bridgehead atoms. The van der Waals surface area contributed by atoms with Gasteiger partial charge in [-0.25, -0.2) is 0 Å². The first kappa shape index (κ1) is 5.17. The summed E-state index contributed by atoms with van der Waals surface area (Å²) in [6.45, 7) is 0. The Morgan fingerprint density at radius 3 is 2.14 bits per heavy atom. The minimum absolute atomic E-state index is 0.625. The summed E-state index contributed by atoms with van der Waals surface area (Å²) in [6, 6.07) is 0.625. The Morgan fingerprint density at radius 1 is 1.29 bits per heavy atom. The monoisotopic (exact) mass is 95.1 g/mol. The molecule has 38 valence electrons. The molecule has 0 amide bonds. The zero-order valence-corrected chi connectivity index (χ0v) is 4.48. The predicted molar refractivity (Wildman–Crippen MR) is 31.1 cm³/mol. The van der Waals surface area contributed by atoms with E-state index in [9.17, 15) is 0 Å². The van der Waals surface area contributed by atoms with E-state index in [4.69, 9.17) is 7.98 Å². The van der Waals surface area contributed by atoms with E-state index in [0.29, 0.717) is 6.04 Å². The van der Waals surface area contributed by atoms with Gasteiger partial charge in [0.15, 0.2) is 7.98 Å². The van der Waals surface area contributed by atoms with E-state index in [1.54, 1.807) is 0 Å². The summed E-state index contributed by atoms with van der Waals surface area (Å²) >= 11 is 0. The van der Waals surface area contributed by atoms with Gasteiger partial charge in [-0.15, -0.1) is 0 Å². The van der Waals surface area contributed by atoms with E-state index in [1.807, 2.05) is 0 Å². The average molecular weight is 95.0 g/mol. The van der Waals surface area contributed by atoms with Gasteiger partial charge in [-0.3, -0.25) is 0 Å². The summed E-state index contributed by atoms with van der Waals surface area (Å²) in [4.78, 5) is 0. The fourth-order valence-corrected chi connectivity index (χ4v) is 1.09. The van der Waals surface area contributed by atoms with Crippen molar-refractivity contribution in [1.82, 2.24) is 5.23 Å². The van der Waals surface area contributed by atoms with Crippen molar-refractivity contribution in [2.45, 2.75) is 31.7 Å². The topological polar surface area (TPSA) is 12.0 Å². The van der Waals surface area contributed by atoms with Gasteiger partial charge >= 0.3 is 0 Å². The second-order valence-electron chi connectivity index (χ2n) is 2.15. The van der Waals surface area contributed by atoms with Gasteiger partial charge in [0, 0.05) is 0 Å². The van der Waals surface area contributed by atoms with Crippen molar-refractivity contribution in [1.29, 1.82) is 0 Å². The van der Waals surface area contributed by atoms with Gasteiger partial charge in [-0.1, -0.05) is 12.8 Å². The molecule has 0 aromatic rings. The van der Waals surface area contributed by atoms with Crippen LogP contribution in [0.15, 0.2) is 0 Å². The van der Waals surface area contributed by atoms with Crippen molar-refractivity contribution in [2.24, 2.45) is 0 Å². The van der Waals surface area contributed by atoms with Gasteiger partial charge < -0.3 is 5.23 Å². The van der Waals surface area contributed by atoms with E-state index >= 15 is 0 Å². The zero-order valence-electron chi connectivity index (χ0n) is 4.48. The van der Waals surface area contributed by atoms with Crippen molar-refractivity contribution < 1.29 is 0 Å². The van der Waals surface area contributed by atoms with E-state index < -0.39 is 0 Å². The summed E-state index contributed by atoms with van der Waals surface area (Å²) in [7, 11) is 5.18.